The van der Waals surface area contributed by atoms with Crippen LogP contribution in [0.15, 0.2) is 36.4 Å². The molecular weight excluding hydrogens is 256 g/mol. The Morgan fingerprint density at radius 3 is 2.75 bits per heavy atom. The number of para-hydroxylation sites is 2. The number of methoxy groups -OCH3 is 1. The predicted molar refractivity (Wildman–Crippen MR) is 77.7 cm³/mol. The van der Waals surface area contributed by atoms with Gasteiger partial charge in [-0.1, -0.05) is 12.1 Å². The van der Waals surface area contributed by atoms with E-state index in [4.69, 9.17) is 10.6 Å². The van der Waals surface area contributed by atoms with E-state index in [1.54, 1.807) is 38.3 Å². The minimum Gasteiger partial charge on any atom is -0.495 e. The number of anilines is 2. The summed E-state index contributed by atoms with van der Waals surface area (Å²) >= 11 is 0. The number of carbonyl (C=O) groups is 1. The van der Waals surface area contributed by atoms with E-state index in [9.17, 15) is 4.79 Å². The number of hydrogen-bond acceptors (Lipinski definition) is 5. The van der Waals surface area contributed by atoms with E-state index in [1.165, 1.54) is 0 Å². The normalized spacial score (nSPS) is 9.95. The van der Waals surface area contributed by atoms with Gasteiger partial charge in [-0.3, -0.25) is 4.79 Å². The van der Waals surface area contributed by atoms with E-state index in [1.807, 2.05) is 12.1 Å². The molecule has 0 aliphatic carbocycles. The first-order valence-corrected chi connectivity index (χ1v) is 6.03. The summed E-state index contributed by atoms with van der Waals surface area (Å²) in [5.74, 6) is 6.11. The third-order valence-electron chi connectivity index (χ3n) is 2.72. The van der Waals surface area contributed by atoms with Crippen molar-refractivity contribution in [2.45, 2.75) is 6.92 Å². The Hall–Kier alpha value is -2.60. The Morgan fingerprint density at radius 1 is 1.30 bits per heavy atom. The monoisotopic (exact) mass is 272 g/mol. The number of nitrogens with one attached hydrogen (secondary N) is 2. The van der Waals surface area contributed by atoms with Crippen molar-refractivity contribution in [3.8, 4) is 5.75 Å². The molecule has 1 heterocycles. The van der Waals surface area contributed by atoms with Crippen LogP contribution in [-0.4, -0.2) is 18.0 Å². The fraction of sp³-hybridized carbons (Fsp3) is 0.143. The quantitative estimate of drug-likeness (QED) is 0.584. The lowest BCUT2D eigenvalue weighted by atomic mass is 10.2. The largest absolute Gasteiger partial charge is 0.495 e. The molecule has 4 N–H and O–H groups in total. The smallest absolute Gasteiger partial charge is 0.255 e. The third kappa shape index (κ3) is 3.04. The predicted octanol–water partition coefficient (Wildman–Crippen LogP) is 1.94. The number of nitrogens with two attached hydrogens (primary N) is 1. The molecule has 0 saturated heterocycles. The van der Waals surface area contributed by atoms with Crippen LogP contribution in [0, 0.1) is 6.92 Å². The second-order valence-electron chi connectivity index (χ2n) is 4.18. The highest BCUT2D eigenvalue weighted by molar-refractivity contribution is 6.05. The second kappa shape index (κ2) is 6.03. The molecule has 0 radical (unpaired) electrons. The lowest BCUT2D eigenvalue weighted by Gasteiger charge is -2.10. The summed E-state index contributed by atoms with van der Waals surface area (Å²) in [5.41, 5.74) is 4.21. The van der Waals surface area contributed by atoms with Gasteiger partial charge in [0.25, 0.3) is 5.91 Å². The molecular formula is C14H16N4O2. The van der Waals surface area contributed by atoms with E-state index < -0.39 is 0 Å². The molecule has 0 atom stereocenters. The Labute approximate surface area is 116 Å². The molecule has 0 bridgehead atoms. The number of benzene rings is 1. The van der Waals surface area contributed by atoms with Gasteiger partial charge in [-0.2, -0.15) is 0 Å². The maximum absolute atomic E-state index is 12.2. The van der Waals surface area contributed by atoms with Crippen molar-refractivity contribution >= 4 is 17.4 Å². The molecule has 0 fully saturated rings. The highest BCUT2D eigenvalue weighted by Crippen LogP contribution is 2.23. The summed E-state index contributed by atoms with van der Waals surface area (Å²) in [7, 11) is 1.55. The van der Waals surface area contributed by atoms with Crippen LogP contribution in [0.4, 0.5) is 11.5 Å². The van der Waals surface area contributed by atoms with Crippen molar-refractivity contribution in [3.05, 3.63) is 47.7 Å². The van der Waals surface area contributed by atoms with E-state index >= 15 is 0 Å². The fourth-order valence-electron chi connectivity index (χ4n) is 1.82. The molecule has 0 saturated carbocycles. The zero-order valence-corrected chi connectivity index (χ0v) is 11.3. The topological polar surface area (TPSA) is 89.3 Å². The lowest BCUT2D eigenvalue weighted by Crippen LogP contribution is -2.15. The van der Waals surface area contributed by atoms with Gasteiger partial charge in [0, 0.05) is 11.3 Å². The van der Waals surface area contributed by atoms with Crippen molar-refractivity contribution in [2.24, 2.45) is 5.84 Å². The minimum atomic E-state index is -0.253. The number of hydrazine groups is 1. The second-order valence-corrected chi connectivity index (χ2v) is 4.18. The molecule has 2 rings (SSSR count). The summed E-state index contributed by atoms with van der Waals surface area (Å²) in [5, 5.41) is 2.80. The van der Waals surface area contributed by atoms with Crippen LogP contribution < -0.4 is 21.3 Å². The number of carbonyl (C=O) groups excluding carboxylic acids is 1. The van der Waals surface area contributed by atoms with Gasteiger partial charge in [0.1, 0.15) is 11.6 Å². The number of amides is 1. The zero-order valence-electron chi connectivity index (χ0n) is 11.3. The average Bonchev–Trinajstić information content (AvgIpc) is 2.47. The van der Waals surface area contributed by atoms with Gasteiger partial charge < -0.3 is 15.5 Å². The van der Waals surface area contributed by atoms with Crippen LogP contribution in [0.3, 0.4) is 0 Å². The van der Waals surface area contributed by atoms with Gasteiger partial charge >= 0.3 is 0 Å². The SMILES string of the molecule is COc1ccccc1NC(=O)c1cc(C)nc(NN)c1. The van der Waals surface area contributed by atoms with Crippen molar-refractivity contribution in [1.29, 1.82) is 0 Å². The Balaban J connectivity index is 2.26. The van der Waals surface area contributed by atoms with Gasteiger partial charge in [-0.05, 0) is 31.2 Å². The number of ether oxygens (including phenoxy) is 1. The van der Waals surface area contributed by atoms with Crippen molar-refractivity contribution in [1.82, 2.24) is 4.98 Å². The summed E-state index contributed by atoms with van der Waals surface area (Å²) in [6, 6.07) is 10.5. The van der Waals surface area contributed by atoms with Crippen LogP contribution in [0.2, 0.25) is 0 Å². The summed E-state index contributed by atoms with van der Waals surface area (Å²) in [4.78, 5) is 16.4. The Bertz CT molecular complexity index is 628. The zero-order chi connectivity index (χ0) is 14.5. The van der Waals surface area contributed by atoms with Gasteiger partial charge in [-0.25, -0.2) is 10.8 Å². The molecule has 0 aliphatic rings. The molecule has 2 aromatic rings. The molecule has 1 aromatic heterocycles. The van der Waals surface area contributed by atoms with E-state index in [0.717, 1.165) is 0 Å². The Morgan fingerprint density at radius 2 is 2.05 bits per heavy atom. The van der Waals surface area contributed by atoms with Gasteiger partial charge in [-0.15, -0.1) is 0 Å². The molecule has 0 spiro atoms. The first-order chi connectivity index (χ1) is 9.63. The van der Waals surface area contributed by atoms with Gasteiger partial charge in [0.05, 0.1) is 12.8 Å². The number of pyridine rings is 1. The minimum absolute atomic E-state index is 0.253. The molecule has 1 amide bonds. The Kier molecular flexibility index (Phi) is 4.17. The summed E-state index contributed by atoms with van der Waals surface area (Å²) < 4.78 is 5.19. The number of nitrogens with zero attached hydrogens (tertiary/aromatic N) is 1. The molecule has 0 aliphatic heterocycles. The highest BCUT2D eigenvalue weighted by Gasteiger charge is 2.11. The maximum Gasteiger partial charge on any atom is 0.255 e. The number of hydrogen-bond donors (Lipinski definition) is 3. The average molecular weight is 272 g/mol. The molecule has 20 heavy (non-hydrogen) atoms. The number of rotatable bonds is 4. The lowest BCUT2D eigenvalue weighted by molar-refractivity contribution is 0.102. The number of aromatic nitrogens is 1. The summed E-state index contributed by atoms with van der Waals surface area (Å²) in [6.07, 6.45) is 0. The maximum atomic E-state index is 12.2. The highest BCUT2D eigenvalue weighted by atomic mass is 16.5. The van der Waals surface area contributed by atoms with Crippen molar-refractivity contribution < 1.29 is 9.53 Å². The van der Waals surface area contributed by atoms with E-state index in [2.05, 4.69) is 15.7 Å². The van der Waals surface area contributed by atoms with Crippen molar-refractivity contribution in [2.75, 3.05) is 17.9 Å². The van der Waals surface area contributed by atoms with Gasteiger partial charge in [0.2, 0.25) is 0 Å². The molecule has 104 valence electrons. The number of aryl methyl sites for hydroxylation is 1. The van der Waals surface area contributed by atoms with E-state index in [-0.39, 0.29) is 5.91 Å². The van der Waals surface area contributed by atoms with E-state index in [0.29, 0.717) is 28.5 Å². The molecule has 0 unspecified atom stereocenters. The fourth-order valence-corrected chi connectivity index (χ4v) is 1.82. The third-order valence-corrected chi connectivity index (χ3v) is 2.72. The van der Waals surface area contributed by atoms with Crippen molar-refractivity contribution in [3.63, 3.8) is 0 Å². The molecule has 6 heteroatoms. The van der Waals surface area contributed by atoms with Crippen LogP contribution in [0.5, 0.6) is 5.75 Å². The van der Waals surface area contributed by atoms with Crippen LogP contribution in [-0.2, 0) is 0 Å². The standard InChI is InChI=1S/C14H16N4O2/c1-9-7-10(8-13(16-9)18-15)14(19)17-11-5-3-4-6-12(11)20-2/h3-8H,15H2,1-2H3,(H,16,18)(H,17,19). The molecule has 1 aromatic carbocycles. The first kappa shape index (κ1) is 13.8. The summed E-state index contributed by atoms with van der Waals surface area (Å²) in [6.45, 7) is 1.79. The van der Waals surface area contributed by atoms with Crippen LogP contribution in [0.25, 0.3) is 0 Å². The number of nitrogen functional groups attached to an aromatic ring is 1. The first-order valence-electron chi connectivity index (χ1n) is 6.03. The van der Waals surface area contributed by atoms with Crippen LogP contribution >= 0.6 is 0 Å². The molecule has 6 nitrogen and oxygen atoms in total. The van der Waals surface area contributed by atoms with Gasteiger partial charge in [0.15, 0.2) is 0 Å². The van der Waals surface area contributed by atoms with Crippen LogP contribution in [0.1, 0.15) is 16.1 Å².